The Labute approximate surface area is 52.9 Å². The first-order chi connectivity index (χ1) is 4.24. The molecule has 1 aliphatic heterocycles. The fourth-order valence-electron chi connectivity index (χ4n) is 0.587. The highest BCUT2D eigenvalue weighted by molar-refractivity contribution is 5.75. The number of urea groups is 1. The van der Waals surface area contributed by atoms with Crippen molar-refractivity contribution < 1.29 is 9.53 Å². The standard InChI is InChI=1S/C4H9N3O2/c1-7-4(8)5-3(6-7)9-2/h3,6H,1-2H3,(H,5,8). The maximum atomic E-state index is 10.6. The zero-order chi connectivity index (χ0) is 6.85. The highest BCUT2D eigenvalue weighted by Crippen LogP contribution is 1.92. The van der Waals surface area contributed by atoms with Crippen LogP contribution in [0.1, 0.15) is 0 Å². The Balaban J connectivity index is 2.44. The van der Waals surface area contributed by atoms with Crippen molar-refractivity contribution in [2.75, 3.05) is 14.2 Å². The summed E-state index contributed by atoms with van der Waals surface area (Å²) in [5.41, 5.74) is 2.70. The summed E-state index contributed by atoms with van der Waals surface area (Å²) in [5.74, 6) is 0. The lowest BCUT2D eigenvalue weighted by Gasteiger charge is -2.07. The molecule has 5 heteroatoms. The third-order valence-electron chi connectivity index (χ3n) is 1.11. The van der Waals surface area contributed by atoms with E-state index >= 15 is 0 Å². The van der Waals surface area contributed by atoms with E-state index in [9.17, 15) is 4.79 Å². The number of methoxy groups -OCH3 is 1. The summed E-state index contributed by atoms with van der Waals surface area (Å²) >= 11 is 0. The van der Waals surface area contributed by atoms with E-state index in [-0.39, 0.29) is 12.4 Å². The maximum absolute atomic E-state index is 10.6. The molecule has 0 aromatic rings. The van der Waals surface area contributed by atoms with Gasteiger partial charge < -0.3 is 4.74 Å². The number of hydrogen-bond donors (Lipinski definition) is 2. The summed E-state index contributed by atoms with van der Waals surface area (Å²) in [7, 11) is 3.13. The first-order valence-corrected chi connectivity index (χ1v) is 2.57. The molecule has 0 saturated carbocycles. The molecule has 1 heterocycles. The van der Waals surface area contributed by atoms with Crippen LogP contribution < -0.4 is 10.7 Å². The van der Waals surface area contributed by atoms with Crippen LogP contribution in [-0.2, 0) is 4.74 Å². The molecule has 2 N–H and O–H groups in total. The third kappa shape index (κ3) is 1.11. The second-order valence-electron chi connectivity index (χ2n) is 1.75. The summed E-state index contributed by atoms with van der Waals surface area (Å²) in [4.78, 5) is 10.6. The molecule has 1 aliphatic rings. The van der Waals surface area contributed by atoms with Crippen molar-refractivity contribution in [2.24, 2.45) is 0 Å². The van der Waals surface area contributed by atoms with Gasteiger partial charge in [-0.3, -0.25) is 10.3 Å². The van der Waals surface area contributed by atoms with Crippen LogP contribution in [0, 0.1) is 0 Å². The van der Waals surface area contributed by atoms with Crippen LogP contribution in [0.25, 0.3) is 0 Å². The second-order valence-corrected chi connectivity index (χ2v) is 1.75. The van der Waals surface area contributed by atoms with E-state index in [1.54, 1.807) is 7.05 Å². The number of ether oxygens (including phenoxy) is 1. The molecule has 0 radical (unpaired) electrons. The monoisotopic (exact) mass is 131 g/mol. The summed E-state index contributed by atoms with van der Waals surface area (Å²) in [6, 6.07) is -0.179. The normalized spacial score (nSPS) is 26.7. The predicted octanol–water partition coefficient (Wildman–Crippen LogP) is -0.924. The SMILES string of the molecule is COC1NC(=O)N(C)N1. The fourth-order valence-corrected chi connectivity index (χ4v) is 0.587. The lowest BCUT2D eigenvalue weighted by molar-refractivity contribution is 0.0511. The van der Waals surface area contributed by atoms with Gasteiger partial charge in [0.15, 0.2) is 0 Å². The van der Waals surface area contributed by atoms with Crippen molar-refractivity contribution in [1.82, 2.24) is 15.8 Å². The van der Waals surface area contributed by atoms with Crippen molar-refractivity contribution in [3.05, 3.63) is 0 Å². The molecule has 1 saturated heterocycles. The van der Waals surface area contributed by atoms with Crippen molar-refractivity contribution in [2.45, 2.75) is 6.35 Å². The van der Waals surface area contributed by atoms with E-state index in [0.29, 0.717) is 0 Å². The molecule has 1 unspecified atom stereocenters. The molecule has 52 valence electrons. The van der Waals surface area contributed by atoms with E-state index in [2.05, 4.69) is 10.7 Å². The Morgan fingerprint density at radius 2 is 2.44 bits per heavy atom. The van der Waals surface area contributed by atoms with Crippen LogP contribution in [-0.4, -0.2) is 31.5 Å². The highest BCUT2D eigenvalue weighted by Gasteiger charge is 2.23. The van der Waals surface area contributed by atoms with Crippen molar-refractivity contribution in [1.29, 1.82) is 0 Å². The second kappa shape index (κ2) is 2.20. The van der Waals surface area contributed by atoms with Gasteiger partial charge in [0, 0.05) is 14.2 Å². The van der Waals surface area contributed by atoms with Crippen LogP contribution in [0.2, 0.25) is 0 Å². The van der Waals surface area contributed by atoms with Gasteiger partial charge in [-0.25, -0.2) is 4.79 Å². The number of rotatable bonds is 1. The van der Waals surface area contributed by atoms with Crippen LogP contribution in [0.4, 0.5) is 4.79 Å². The predicted molar refractivity (Wildman–Crippen MR) is 30.2 cm³/mol. The zero-order valence-corrected chi connectivity index (χ0v) is 5.34. The Morgan fingerprint density at radius 3 is 2.67 bits per heavy atom. The minimum atomic E-state index is -0.373. The zero-order valence-electron chi connectivity index (χ0n) is 5.34. The third-order valence-corrected chi connectivity index (χ3v) is 1.11. The Kier molecular flexibility index (Phi) is 1.54. The lowest BCUT2D eigenvalue weighted by Crippen LogP contribution is -2.35. The molecule has 0 bridgehead atoms. The van der Waals surface area contributed by atoms with Gasteiger partial charge in [-0.1, -0.05) is 0 Å². The Bertz CT molecular complexity index is 127. The van der Waals surface area contributed by atoms with E-state index in [0.717, 1.165) is 0 Å². The van der Waals surface area contributed by atoms with Gasteiger partial charge in [-0.05, 0) is 0 Å². The quantitative estimate of drug-likeness (QED) is 0.483. The van der Waals surface area contributed by atoms with Gasteiger partial charge in [-0.15, -0.1) is 0 Å². The number of nitrogens with one attached hydrogen (secondary N) is 2. The molecular formula is C4H9N3O2. The van der Waals surface area contributed by atoms with Gasteiger partial charge in [0.2, 0.25) is 6.35 Å². The average molecular weight is 131 g/mol. The Hall–Kier alpha value is -0.810. The fraction of sp³-hybridized carbons (Fsp3) is 0.750. The van der Waals surface area contributed by atoms with Gasteiger partial charge in [0.1, 0.15) is 0 Å². The number of amides is 2. The first kappa shape index (κ1) is 6.31. The van der Waals surface area contributed by atoms with Crippen LogP contribution in [0.3, 0.4) is 0 Å². The summed E-state index contributed by atoms with van der Waals surface area (Å²) < 4.78 is 4.77. The van der Waals surface area contributed by atoms with Crippen LogP contribution in [0.15, 0.2) is 0 Å². The maximum Gasteiger partial charge on any atom is 0.334 e. The van der Waals surface area contributed by atoms with Gasteiger partial charge in [0.05, 0.1) is 0 Å². The van der Waals surface area contributed by atoms with Crippen LogP contribution >= 0.6 is 0 Å². The molecule has 5 nitrogen and oxygen atoms in total. The van der Waals surface area contributed by atoms with E-state index in [1.807, 2.05) is 0 Å². The molecule has 2 amide bonds. The molecule has 9 heavy (non-hydrogen) atoms. The van der Waals surface area contributed by atoms with E-state index in [1.165, 1.54) is 12.1 Å². The smallest absolute Gasteiger partial charge is 0.334 e. The first-order valence-electron chi connectivity index (χ1n) is 2.57. The van der Waals surface area contributed by atoms with Crippen molar-refractivity contribution in [3.63, 3.8) is 0 Å². The van der Waals surface area contributed by atoms with Crippen molar-refractivity contribution in [3.8, 4) is 0 Å². The largest absolute Gasteiger partial charge is 0.347 e. The molecule has 0 spiro atoms. The molecule has 1 atom stereocenters. The minimum absolute atomic E-state index is 0.179. The summed E-state index contributed by atoms with van der Waals surface area (Å²) in [6.45, 7) is 0. The Morgan fingerprint density at radius 1 is 1.78 bits per heavy atom. The molecule has 1 rings (SSSR count). The molecule has 0 aliphatic carbocycles. The van der Waals surface area contributed by atoms with Gasteiger partial charge in [0.25, 0.3) is 0 Å². The molecule has 0 aromatic carbocycles. The molecule has 1 fully saturated rings. The summed E-state index contributed by atoms with van der Waals surface area (Å²) in [6.07, 6.45) is -0.373. The van der Waals surface area contributed by atoms with E-state index < -0.39 is 0 Å². The minimum Gasteiger partial charge on any atom is -0.347 e. The van der Waals surface area contributed by atoms with Gasteiger partial charge >= 0.3 is 6.03 Å². The topological polar surface area (TPSA) is 53.6 Å². The summed E-state index contributed by atoms with van der Waals surface area (Å²) in [5, 5.41) is 3.83. The van der Waals surface area contributed by atoms with Crippen LogP contribution in [0.5, 0.6) is 0 Å². The molecule has 0 aromatic heterocycles. The number of carbonyl (C=O) groups excluding carboxylic acids is 1. The number of hydrazine groups is 1. The highest BCUT2D eigenvalue weighted by atomic mass is 16.5. The van der Waals surface area contributed by atoms with Gasteiger partial charge in [-0.2, -0.15) is 5.43 Å². The van der Waals surface area contributed by atoms with Crippen molar-refractivity contribution >= 4 is 6.03 Å². The number of nitrogens with zero attached hydrogens (tertiary/aromatic N) is 1. The van der Waals surface area contributed by atoms with E-state index in [4.69, 9.17) is 4.74 Å². The molecular weight excluding hydrogens is 122 g/mol. The number of hydrogen-bond acceptors (Lipinski definition) is 3. The number of carbonyl (C=O) groups is 1. The average Bonchev–Trinajstić information content (AvgIpc) is 2.13. The lowest BCUT2D eigenvalue weighted by atomic mass is 10.9.